The van der Waals surface area contributed by atoms with Gasteiger partial charge in [0.15, 0.2) is 5.17 Å². The summed E-state index contributed by atoms with van der Waals surface area (Å²) in [5.74, 6) is -0.484. The van der Waals surface area contributed by atoms with E-state index in [0.29, 0.717) is 5.56 Å². The largest absolute Gasteiger partial charge is 0.379 e. The van der Waals surface area contributed by atoms with Crippen molar-refractivity contribution in [3.8, 4) is 5.75 Å². The molecule has 0 saturated carbocycles. The van der Waals surface area contributed by atoms with Crippen LogP contribution >= 0.6 is 23.4 Å². The molecule has 0 aromatic heterocycles. The number of non-ortho nitro benzene ring substituents is 1. The van der Waals surface area contributed by atoms with Crippen LogP contribution in [0.15, 0.2) is 81.5 Å². The molecule has 15 heteroatoms. The molecule has 1 fully saturated rings. The monoisotopic (exact) mass is 560 g/mol. The number of amides is 1. The van der Waals surface area contributed by atoms with Gasteiger partial charge in [0.2, 0.25) is 0 Å². The summed E-state index contributed by atoms with van der Waals surface area (Å²) < 4.78 is 29.9. The van der Waals surface area contributed by atoms with Gasteiger partial charge in [-0.25, -0.2) is 4.99 Å². The number of benzene rings is 3. The Hall–Kier alpha value is -4.27. The van der Waals surface area contributed by atoms with E-state index in [-0.39, 0.29) is 42.8 Å². The second-order valence-corrected chi connectivity index (χ2v) is 10.2. The first-order valence-corrected chi connectivity index (χ1v) is 12.6. The highest BCUT2D eigenvalue weighted by atomic mass is 35.5. The molecule has 188 valence electrons. The lowest BCUT2D eigenvalue weighted by atomic mass is 10.2. The Bertz CT molecular complexity index is 1590. The van der Waals surface area contributed by atoms with Crippen molar-refractivity contribution < 1.29 is 27.2 Å². The van der Waals surface area contributed by atoms with Crippen molar-refractivity contribution in [3.05, 3.63) is 102 Å². The van der Waals surface area contributed by atoms with Crippen molar-refractivity contribution in [2.45, 2.75) is 4.90 Å². The molecule has 1 amide bonds. The average Bonchev–Trinajstić information content (AvgIpc) is 3.19. The van der Waals surface area contributed by atoms with E-state index in [4.69, 9.17) is 15.8 Å². The molecule has 3 aromatic carbocycles. The van der Waals surface area contributed by atoms with E-state index in [1.54, 1.807) is 0 Å². The number of hydrogen-bond donors (Lipinski definition) is 1. The first-order valence-electron chi connectivity index (χ1n) is 10.0. The second-order valence-electron chi connectivity index (χ2n) is 7.23. The Balaban J connectivity index is 1.48. The van der Waals surface area contributed by atoms with Gasteiger partial charge in [-0.05, 0) is 59.8 Å². The summed E-state index contributed by atoms with van der Waals surface area (Å²) in [6, 6.07) is 14.0. The van der Waals surface area contributed by atoms with Gasteiger partial charge in [0.25, 0.3) is 17.3 Å². The molecule has 0 radical (unpaired) electrons. The van der Waals surface area contributed by atoms with E-state index in [1.165, 1.54) is 42.5 Å². The first-order chi connectivity index (χ1) is 17.5. The lowest BCUT2D eigenvalue weighted by Gasteiger charge is -2.07. The SMILES string of the molecule is O=C1NC(=Nc2ccc(Cl)cc2[N+](=O)[O-])S/C1=C/c1ccc(OS(=O)(=O)c2ccc([N+](=O)[O-])cc2)cc1. The van der Waals surface area contributed by atoms with Gasteiger partial charge in [0.1, 0.15) is 16.3 Å². The number of hydrogen-bond acceptors (Lipinski definition) is 10. The number of carbonyl (C=O) groups excluding carboxylic acids is 1. The van der Waals surface area contributed by atoms with Gasteiger partial charge in [-0.3, -0.25) is 25.0 Å². The molecule has 3 aromatic rings. The van der Waals surface area contributed by atoms with Crippen molar-refractivity contribution in [3.63, 3.8) is 0 Å². The lowest BCUT2D eigenvalue weighted by molar-refractivity contribution is -0.384. The molecule has 1 heterocycles. The quantitative estimate of drug-likeness (QED) is 0.184. The smallest absolute Gasteiger partial charge is 0.339 e. The number of aliphatic imine (C=N–C) groups is 1. The van der Waals surface area contributed by atoms with Gasteiger partial charge in [-0.2, -0.15) is 8.42 Å². The van der Waals surface area contributed by atoms with Gasteiger partial charge in [0, 0.05) is 23.2 Å². The number of thioether (sulfide) groups is 1. The van der Waals surface area contributed by atoms with Gasteiger partial charge in [-0.15, -0.1) is 0 Å². The van der Waals surface area contributed by atoms with Crippen LogP contribution in [0.5, 0.6) is 5.75 Å². The summed E-state index contributed by atoms with van der Waals surface area (Å²) in [6.07, 6.45) is 1.52. The summed E-state index contributed by atoms with van der Waals surface area (Å²) in [4.78, 5) is 37.2. The van der Waals surface area contributed by atoms with Crippen molar-refractivity contribution in [2.24, 2.45) is 4.99 Å². The predicted molar refractivity (Wildman–Crippen MR) is 136 cm³/mol. The number of nitrogens with zero attached hydrogens (tertiary/aromatic N) is 3. The molecule has 4 rings (SSSR count). The molecule has 1 N–H and O–H groups in total. The molecule has 0 aliphatic carbocycles. The second kappa shape index (κ2) is 10.4. The maximum atomic E-state index is 12.4. The van der Waals surface area contributed by atoms with E-state index >= 15 is 0 Å². The van der Waals surface area contributed by atoms with Crippen molar-refractivity contribution in [1.29, 1.82) is 0 Å². The lowest BCUT2D eigenvalue weighted by Crippen LogP contribution is -2.19. The van der Waals surface area contributed by atoms with Gasteiger partial charge in [-0.1, -0.05) is 23.7 Å². The number of nitro groups is 2. The zero-order valence-electron chi connectivity index (χ0n) is 18.2. The fraction of sp³-hybridized carbons (Fsp3) is 0. The molecular formula is C22H13ClN4O8S2. The van der Waals surface area contributed by atoms with Crippen LogP contribution in [0.25, 0.3) is 6.08 Å². The predicted octanol–water partition coefficient (Wildman–Crippen LogP) is 4.82. The Kier molecular flexibility index (Phi) is 7.24. The number of nitrogens with one attached hydrogen (secondary N) is 1. The molecule has 0 atom stereocenters. The minimum atomic E-state index is -4.23. The molecular weight excluding hydrogens is 548 g/mol. The molecule has 0 bridgehead atoms. The number of carbonyl (C=O) groups is 1. The Morgan fingerprint density at radius 2 is 1.65 bits per heavy atom. The normalized spacial score (nSPS) is 15.5. The van der Waals surface area contributed by atoms with Gasteiger partial charge >= 0.3 is 10.1 Å². The Labute approximate surface area is 218 Å². The fourth-order valence-electron chi connectivity index (χ4n) is 3.01. The third kappa shape index (κ3) is 6.11. The minimum absolute atomic E-state index is 0.0127. The highest BCUT2D eigenvalue weighted by Crippen LogP contribution is 2.34. The van der Waals surface area contributed by atoms with Crippen LogP contribution in [0, 0.1) is 20.2 Å². The molecule has 1 aliphatic heterocycles. The van der Waals surface area contributed by atoms with Gasteiger partial charge < -0.3 is 9.50 Å². The summed E-state index contributed by atoms with van der Waals surface area (Å²) in [6.45, 7) is 0. The topological polar surface area (TPSA) is 171 Å². The van der Waals surface area contributed by atoms with Crippen molar-refractivity contribution in [1.82, 2.24) is 5.32 Å². The molecule has 0 spiro atoms. The summed E-state index contributed by atoms with van der Waals surface area (Å²) in [5.41, 5.74) is -0.0121. The highest BCUT2D eigenvalue weighted by molar-refractivity contribution is 8.18. The number of rotatable bonds is 7. The Morgan fingerprint density at radius 3 is 2.27 bits per heavy atom. The third-order valence-electron chi connectivity index (χ3n) is 4.73. The first kappa shape index (κ1) is 25.8. The van der Waals surface area contributed by atoms with E-state index in [2.05, 4.69) is 10.3 Å². The van der Waals surface area contributed by atoms with Gasteiger partial charge in [0.05, 0.1) is 14.8 Å². The van der Waals surface area contributed by atoms with Crippen LogP contribution in [0.4, 0.5) is 17.1 Å². The molecule has 1 saturated heterocycles. The van der Waals surface area contributed by atoms with Crippen LogP contribution in [0.1, 0.15) is 5.56 Å². The molecule has 12 nitrogen and oxygen atoms in total. The average molecular weight is 561 g/mol. The van der Waals surface area contributed by atoms with Crippen LogP contribution < -0.4 is 9.50 Å². The fourth-order valence-corrected chi connectivity index (χ4v) is 4.94. The molecule has 0 unspecified atom stereocenters. The third-order valence-corrected chi connectivity index (χ3v) is 7.13. The standard InChI is InChI=1S/C22H13ClN4O8S2/c23-14-3-10-18(19(12-14)27(31)32)24-22-25-21(28)20(36-22)11-13-1-6-16(7-2-13)35-37(33,34)17-8-4-15(5-9-17)26(29)30/h1-12H,(H,24,25,28)/b20-11+. The number of halogens is 1. The van der Waals surface area contributed by atoms with Crippen LogP contribution in [0.3, 0.4) is 0 Å². The van der Waals surface area contributed by atoms with E-state index in [1.807, 2.05) is 0 Å². The Morgan fingerprint density at radius 1 is 0.973 bits per heavy atom. The molecule has 37 heavy (non-hydrogen) atoms. The van der Waals surface area contributed by atoms with Crippen LogP contribution in [0.2, 0.25) is 5.02 Å². The van der Waals surface area contributed by atoms with Crippen LogP contribution in [-0.2, 0) is 14.9 Å². The minimum Gasteiger partial charge on any atom is -0.379 e. The molecule has 1 aliphatic rings. The zero-order chi connectivity index (χ0) is 26.7. The maximum absolute atomic E-state index is 12.4. The zero-order valence-corrected chi connectivity index (χ0v) is 20.6. The van der Waals surface area contributed by atoms with E-state index in [9.17, 15) is 33.4 Å². The highest BCUT2D eigenvalue weighted by Gasteiger charge is 2.25. The maximum Gasteiger partial charge on any atom is 0.339 e. The van der Waals surface area contributed by atoms with Crippen molar-refractivity contribution in [2.75, 3.05) is 0 Å². The van der Waals surface area contributed by atoms with E-state index in [0.717, 1.165) is 42.1 Å². The summed E-state index contributed by atoms with van der Waals surface area (Å²) in [7, 11) is -4.23. The van der Waals surface area contributed by atoms with Crippen molar-refractivity contribution >= 4 is 67.7 Å². The summed E-state index contributed by atoms with van der Waals surface area (Å²) >= 11 is 6.77. The number of amidine groups is 1. The van der Waals surface area contributed by atoms with E-state index < -0.39 is 25.9 Å². The number of nitro benzene ring substituents is 2. The van der Waals surface area contributed by atoms with Crippen LogP contribution in [-0.4, -0.2) is 29.3 Å². The summed E-state index contributed by atoms with van der Waals surface area (Å²) in [5, 5.41) is 24.8.